The van der Waals surface area contributed by atoms with E-state index in [1.165, 1.54) is 12.5 Å². The van der Waals surface area contributed by atoms with Crippen LogP contribution in [0.15, 0.2) is 18.2 Å². The normalized spacial score (nSPS) is 20.8. The summed E-state index contributed by atoms with van der Waals surface area (Å²) in [5.74, 6) is 0.540. The minimum Gasteiger partial charge on any atom is -0.494 e. The van der Waals surface area contributed by atoms with Crippen molar-refractivity contribution in [1.29, 1.82) is 0 Å². The second-order valence-electron chi connectivity index (χ2n) is 6.47. The highest BCUT2D eigenvalue weighted by molar-refractivity contribution is 5.64. The minimum atomic E-state index is -0.348. The smallest absolute Gasteiger partial charge is 0.296 e. The van der Waals surface area contributed by atoms with E-state index < -0.39 is 0 Å². The number of nitro groups is 1. The maximum atomic E-state index is 11.3. The lowest BCUT2D eigenvalue weighted by Crippen LogP contribution is -2.31. The Morgan fingerprint density at radius 3 is 2.86 bits per heavy atom. The van der Waals surface area contributed by atoms with Gasteiger partial charge >= 0.3 is 0 Å². The highest BCUT2D eigenvalue weighted by atomic mass is 16.6. The van der Waals surface area contributed by atoms with Crippen LogP contribution in [-0.4, -0.2) is 17.6 Å². The lowest BCUT2D eigenvalue weighted by Gasteiger charge is -2.35. The quantitative estimate of drug-likeness (QED) is 0.646. The molecule has 0 heterocycles. The molecule has 0 aromatic heterocycles. The van der Waals surface area contributed by atoms with E-state index in [1.54, 1.807) is 12.1 Å². The summed E-state index contributed by atoms with van der Waals surface area (Å²) in [6.45, 7) is 6.88. The van der Waals surface area contributed by atoms with Gasteiger partial charge in [0.25, 0.3) is 5.69 Å². The van der Waals surface area contributed by atoms with Gasteiger partial charge in [-0.05, 0) is 43.7 Å². The molecule has 1 N–H and O–H groups in total. The van der Waals surface area contributed by atoms with Crippen LogP contribution in [0.25, 0.3) is 0 Å². The Hall–Kier alpha value is -1.78. The van der Waals surface area contributed by atoms with Crippen LogP contribution in [0, 0.1) is 15.5 Å². The standard InChI is InChI=1S/C16H24N2O3/c1-4-21-13-7-8-14(15(10-13)18(19)20)17-12-6-5-9-16(2,3)11-12/h7-8,10,12,17H,4-6,9,11H2,1-3H3. The topological polar surface area (TPSA) is 64.4 Å². The molecule has 1 aliphatic carbocycles. The number of nitro benzene ring substituents is 1. The Morgan fingerprint density at radius 2 is 2.24 bits per heavy atom. The zero-order chi connectivity index (χ0) is 15.5. The fourth-order valence-corrected chi connectivity index (χ4v) is 3.08. The van der Waals surface area contributed by atoms with E-state index in [1.807, 2.05) is 6.92 Å². The number of rotatable bonds is 5. The molecule has 0 aliphatic heterocycles. The average Bonchev–Trinajstić information content (AvgIpc) is 2.39. The molecule has 1 aliphatic rings. The van der Waals surface area contributed by atoms with Crippen molar-refractivity contribution in [3.8, 4) is 5.75 Å². The Kier molecular flexibility index (Phi) is 4.70. The van der Waals surface area contributed by atoms with Gasteiger partial charge in [-0.25, -0.2) is 0 Å². The molecular formula is C16H24N2O3. The zero-order valence-corrected chi connectivity index (χ0v) is 13.0. The Balaban J connectivity index is 2.17. The molecule has 1 fully saturated rings. The lowest BCUT2D eigenvalue weighted by molar-refractivity contribution is -0.384. The molecule has 2 rings (SSSR count). The largest absolute Gasteiger partial charge is 0.494 e. The summed E-state index contributed by atoms with van der Waals surface area (Å²) in [4.78, 5) is 10.9. The van der Waals surface area contributed by atoms with E-state index in [2.05, 4.69) is 19.2 Å². The van der Waals surface area contributed by atoms with Gasteiger partial charge in [-0.15, -0.1) is 0 Å². The van der Waals surface area contributed by atoms with Crippen LogP contribution < -0.4 is 10.1 Å². The summed E-state index contributed by atoms with van der Waals surface area (Å²) in [5.41, 5.74) is 0.978. The van der Waals surface area contributed by atoms with Crippen molar-refractivity contribution in [2.75, 3.05) is 11.9 Å². The third-order valence-electron chi connectivity index (χ3n) is 4.04. The van der Waals surface area contributed by atoms with Crippen molar-refractivity contribution >= 4 is 11.4 Å². The van der Waals surface area contributed by atoms with Crippen LogP contribution in [0.2, 0.25) is 0 Å². The lowest BCUT2D eigenvalue weighted by atomic mass is 9.75. The van der Waals surface area contributed by atoms with Crippen molar-refractivity contribution in [3.63, 3.8) is 0 Å². The van der Waals surface area contributed by atoms with Gasteiger partial charge in [0.05, 0.1) is 17.6 Å². The van der Waals surface area contributed by atoms with Crippen molar-refractivity contribution in [2.45, 2.75) is 52.5 Å². The van der Waals surface area contributed by atoms with E-state index in [9.17, 15) is 10.1 Å². The Labute approximate surface area is 125 Å². The predicted octanol–water partition coefficient (Wildman–Crippen LogP) is 4.37. The second kappa shape index (κ2) is 6.33. The number of hydrogen-bond acceptors (Lipinski definition) is 4. The summed E-state index contributed by atoms with van der Waals surface area (Å²) in [6, 6.07) is 5.34. The highest BCUT2D eigenvalue weighted by Gasteiger charge is 2.29. The first kappa shape index (κ1) is 15.6. The van der Waals surface area contributed by atoms with Crippen LogP contribution in [-0.2, 0) is 0 Å². The summed E-state index contributed by atoms with van der Waals surface area (Å²) in [5, 5.41) is 14.6. The van der Waals surface area contributed by atoms with E-state index in [4.69, 9.17) is 4.74 Å². The van der Waals surface area contributed by atoms with E-state index >= 15 is 0 Å². The first-order valence-corrected chi connectivity index (χ1v) is 7.59. The van der Waals surface area contributed by atoms with Crippen LogP contribution in [0.3, 0.4) is 0 Å². The third-order valence-corrected chi connectivity index (χ3v) is 4.04. The van der Waals surface area contributed by atoms with E-state index in [0.29, 0.717) is 29.5 Å². The number of ether oxygens (including phenoxy) is 1. The highest BCUT2D eigenvalue weighted by Crippen LogP contribution is 2.38. The van der Waals surface area contributed by atoms with Crippen molar-refractivity contribution < 1.29 is 9.66 Å². The van der Waals surface area contributed by atoms with E-state index in [-0.39, 0.29) is 10.6 Å². The number of anilines is 1. The monoisotopic (exact) mass is 292 g/mol. The fraction of sp³-hybridized carbons (Fsp3) is 0.625. The number of nitrogens with one attached hydrogen (secondary N) is 1. The van der Waals surface area contributed by atoms with Crippen LogP contribution >= 0.6 is 0 Å². The Bertz CT molecular complexity index is 514. The zero-order valence-electron chi connectivity index (χ0n) is 13.0. The number of hydrogen-bond donors (Lipinski definition) is 1. The summed E-state index contributed by atoms with van der Waals surface area (Å²) in [6.07, 6.45) is 4.48. The molecule has 0 bridgehead atoms. The number of nitrogens with zero attached hydrogens (tertiary/aromatic N) is 1. The SMILES string of the molecule is CCOc1ccc(NC2CCCC(C)(C)C2)c([N+](=O)[O-])c1. The first-order chi connectivity index (χ1) is 9.91. The molecule has 0 amide bonds. The second-order valence-corrected chi connectivity index (χ2v) is 6.47. The molecule has 21 heavy (non-hydrogen) atoms. The first-order valence-electron chi connectivity index (χ1n) is 7.59. The molecule has 1 unspecified atom stereocenters. The van der Waals surface area contributed by atoms with Gasteiger partial charge in [0, 0.05) is 6.04 Å². The van der Waals surface area contributed by atoms with Gasteiger partial charge in [-0.2, -0.15) is 0 Å². The molecule has 0 radical (unpaired) electrons. The van der Waals surface area contributed by atoms with Gasteiger partial charge in [-0.3, -0.25) is 10.1 Å². The molecule has 116 valence electrons. The molecule has 5 heteroatoms. The van der Waals surface area contributed by atoms with Crippen molar-refractivity contribution in [2.24, 2.45) is 5.41 Å². The third kappa shape index (κ3) is 4.09. The molecular weight excluding hydrogens is 268 g/mol. The van der Waals surface area contributed by atoms with Crippen molar-refractivity contribution in [1.82, 2.24) is 0 Å². The molecule has 1 aromatic rings. The Morgan fingerprint density at radius 1 is 1.48 bits per heavy atom. The van der Waals surface area contributed by atoms with Gasteiger partial charge in [-0.1, -0.05) is 20.3 Å². The minimum absolute atomic E-state index is 0.0873. The average molecular weight is 292 g/mol. The maximum Gasteiger partial charge on any atom is 0.296 e. The predicted molar refractivity (Wildman–Crippen MR) is 83.9 cm³/mol. The van der Waals surface area contributed by atoms with Crippen molar-refractivity contribution in [3.05, 3.63) is 28.3 Å². The summed E-state index contributed by atoms with van der Waals surface area (Å²) in [7, 11) is 0. The van der Waals surface area contributed by atoms with Gasteiger partial charge in [0.1, 0.15) is 11.4 Å². The van der Waals surface area contributed by atoms with Gasteiger partial charge in [0.2, 0.25) is 0 Å². The molecule has 1 saturated carbocycles. The summed E-state index contributed by atoms with van der Waals surface area (Å²) >= 11 is 0. The maximum absolute atomic E-state index is 11.3. The number of benzene rings is 1. The molecule has 1 aromatic carbocycles. The summed E-state index contributed by atoms with van der Waals surface area (Å²) < 4.78 is 5.34. The molecule has 0 spiro atoms. The van der Waals surface area contributed by atoms with Gasteiger partial charge in [0.15, 0.2) is 0 Å². The molecule has 0 saturated heterocycles. The fourth-order valence-electron chi connectivity index (χ4n) is 3.08. The molecule has 1 atom stereocenters. The molecule has 5 nitrogen and oxygen atoms in total. The van der Waals surface area contributed by atoms with Crippen LogP contribution in [0.1, 0.15) is 46.5 Å². The van der Waals surface area contributed by atoms with E-state index in [0.717, 1.165) is 19.3 Å². The van der Waals surface area contributed by atoms with Crippen LogP contribution in [0.4, 0.5) is 11.4 Å². The van der Waals surface area contributed by atoms with Gasteiger partial charge < -0.3 is 10.1 Å². The van der Waals surface area contributed by atoms with Crippen LogP contribution in [0.5, 0.6) is 5.75 Å².